The number of hydrogen-bond acceptors (Lipinski definition) is 8. The standard InChI is InChI=1S/C21H29N5O3/c1-14-5-6-16(11-15(14)2)19(25-22)17-12-18(29-13-21(3,4)27)24-20(23-17)26-7-9-28-10-8-26/h5-6,11-12,27H,7-10,13,22H2,1-4H3. The average Bonchev–Trinajstić information content (AvgIpc) is 2.70. The Balaban J connectivity index is 2.01. The van der Waals surface area contributed by atoms with E-state index in [1.165, 1.54) is 5.56 Å². The van der Waals surface area contributed by atoms with Gasteiger partial charge in [-0.1, -0.05) is 12.1 Å². The molecule has 0 amide bonds. The van der Waals surface area contributed by atoms with Gasteiger partial charge in [-0.2, -0.15) is 10.1 Å². The first-order chi connectivity index (χ1) is 13.8. The molecule has 0 spiro atoms. The molecule has 1 aliphatic heterocycles. The van der Waals surface area contributed by atoms with Gasteiger partial charge >= 0.3 is 0 Å². The second kappa shape index (κ2) is 8.75. The number of nitrogens with two attached hydrogens (primary N) is 1. The number of rotatable bonds is 6. The van der Waals surface area contributed by atoms with E-state index >= 15 is 0 Å². The number of aliphatic hydroxyl groups is 1. The fraction of sp³-hybridized carbons (Fsp3) is 0.476. The lowest BCUT2D eigenvalue weighted by Crippen LogP contribution is -2.37. The molecule has 1 aliphatic rings. The Morgan fingerprint density at radius 1 is 1.21 bits per heavy atom. The van der Waals surface area contributed by atoms with Crippen molar-refractivity contribution in [3.05, 3.63) is 46.6 Å². The van der Waals surface area contributed by atoms with Crippen molar-refractivity contribution in [1.29, 1.82) is 0 Å². The summed E-state index contributed by atoms with van der Waals surface area (Å²) in [4.78, 5) is 11.3. The predicted molar refractivity (Wildman–Crippen MR) is 113 cm³/mol. The van der Waals surface area contributed by atoms with E-state index in [0.717, 1.165) is 11.1 Å². The van der Waals surface area contributed by atoms with E-state index in [0.29, 0.717) is 49.5 Å². The number of aromatic nitrogens is 2. The van der Waals surface area contributed by atoms with E-state index in [4.69, 9.17) is 20.3 Å². The highest BCUT2D eigenvalue weighted by molar-refractivity contribution is 6.12. The molecule has 1 aromatic carbocycles. The number of nitrogens with zero attached hydrogens (tertiary/aromatic N) is 4. The fourth-order valence-corrected chi connectivity index (χ4v) is 2.94. The van der Waals surface area contributed by atoms with Crippen molar-refractivity contribution in [2.24, 2.45) is 10.9 Å². The van der Waals surface area contributed by atoms with Crippen molar-refractivity contribution < 1.29 is 14.6 Å². The van der Waals surface area contributed by atoms with Crippen molar-refractivity contribution in [2.75, 3.05) is 37.8 Å². The van der Waals surface area contributed by atoms with E-state index in [2.05, 4.69) is 17.0 Å². The second-order valence-corrected chi connectivity index (χ2v) is 7.87. The Kier molecular flexibility index (Phi) is 6.34. The molecule has 0 atom stereocenters. The number of morpholine rings is 1. The van der Waals surface area contributed by atoms with E-state index < -0.39 is 5.60 Å². The van der Waals surface area contributed by atoms with Crippen LogP contribution in [0.15, 0.2) is 29.4 Å². The van der Waals surface area contributed by atoms with Crippen LogP contribution in [-0.2, 0) is 4.74 Å². The lowest BCUT2D eigenvalue weighted by molar-refractivity contribution is 0.0268. The number of aryl methyl sites for hydroxylation is 2. The Labute approximate surface area is 171 Å². The molecule has 3 rings (SSSR count). The van der Waals surface area contributed by atoms with Gasteiger partial charge in [0.15, 0.2) is 0 Å². The van der Waals surface area contributed by atoms with Gasteiger partial charge in [-0.3, -0.25) is 0 Å². The van der Waals surface area contributed by atoms with Gasteiger partial charge in [0, 0.05) is 24.7 Å². The zero-order valence-corrected chi connectivity index (χ0v) is 17.5. The van der Waals surface area contributed by atoms with Gasteiger partial charge in [0.25, 0.3) is 0 Å². The van der Waals surface area contributed by atoms with Crippen LogP contribution >= 0.6 is 0 Å². The molecule has 1 fully saturated rings. The van der Waals surface area contributed by atoms with Gasteiger partial charge in [-0.25, -0.2) is 4.98 Å². The third-order valence-electron chi connectivity index (χ3n) is 4.71. The molecular formula is C21H29N5O3. The highest BCUT2D eigenvalue weighted by Gasteiger charge is 2.21. The first kappa shape index (κ1) is 21.0. The Hall–Kier alpha value is -2.71. The summed E-state index contributed by atoms with van der Waals surface area (Å²) < 4.78 is 11.2. The van der Waals surface area contributed by atoms with E-state index in [-0.39, 0.29) is 6.61 Å². The second-order valence-electron chi connectivity index (χ2n) is 7.87. The minimum atomic E-state index is -0.983. The summed E-state index contributed by atoms with van der Waals surface area (Å²) in [6.45, 7) is 10.2. The summed E-state index contributed by atoms with van der Waals surface area (Å²) in [6.07, 6.45) is 0. The number of ether oxygens (including phenoxy) is 2. The lowest BCUT2D eigenvalue weighted by Gasteiger charge is -2.27. The van der Waals surface area contributed by atoms with Crippen molar-refractivity contribution >= 4 is 11.7 Å². The largest absolute Gasteiger partial charge is 0.474 e. The quantitative estimate of drug-likeness (QED) is 0.433. The van der Waals surface area contributed by atoms with Gasteiger partial charge in [0.2, 0.25) is 11.8 Å². The van der Waals surface area contributed by atoms with Crippen molar-refractivity contribution in [3.63, 3.8) is 0 Å². The zero-order valence-electron chi connectivity index (χ0n) is 17.5. The molecule has 0 radical (unpaired) electrons. The fourth-order valence-electron chi connectivity index (χ4n) is 2.94. The molecule has 2 aromatic rings. The van der Waals surface area contributed by atoms with Crippen LogP contribution in [0, 0.1) is 13.8 Å². The molecule has 2 heterocycles. The molecule has 0 unspecified atom stereocenters. The van der Waals surface area contributed by atoms with Gasteiger partial charge in [0.1, 0.15) is 18.0 Å². The normalized spacial score (nSPS) is 15.5. The third kappa shape index (κ3) is 5.42. The van der Waals surface area contributed by atoms with Gasteiger partial charge < -0.3 is 25.3 Å². The molecule has 0 saturated carbocycles. The zero-order chi connectivity index (χ0) is 21.0. The van der Waals surface area contributed by atoms with Crippen LogP contribution in [0.1, 0.15) is 36.2 Å². The molecule has 1 aromatic heterocycles. The van der Waals surface area contributed by atoms with Crippen LogP contribution in [0.4, 0.5) is 5.95 Å². The lowest BCUT2D eigenvalue weighted by atomic mass is 10.0. The van der Waals surface area contributed by atoms with Crippen LogP contribution < -0.4 is 15.5 Å². The van der Waals surface area contributed by atoms with Crippen molar-refractivity contribution in [3.8, 4) is 5.88 Å². The van der Waals surface area contributed by atoms with Crippen molar-refractivity contribution in [1.82, 2.24) is 9.97 Å². The summed E-state index contributed by atoms with van der Waals surface area (Å²) in [7, 11) is 0. The van der Waals surface area contributed by atoms with Gasteiger partial charge in [-0.15, -0.1) is 0 Å². The summed E-state index contributed by atoms with van der Waals surface area (Å²) in [5.74, 6) is 6.65. The first-order valence-electron chi connectivity index (χ1n) is 9.69. The minimum absolute atomic E-state index is 0.102. The van der Waals surface area contributed by atoms with E-state index in [9.17, 15) is 5.11 Å². The number of anilines is 1. The topological polar surface area (TPSA) is 106 Å². The smallest absolute Gasteiger partial charge is 0.229 e. The minimum Gasteiger partial charge on any atom is -0.474 e. The first-order valence-corrected chi connectivity index (χ1v) is 9.69. The number of benzene rings is 1. The molecule has 0 bridgehead atoms. The van der Waals surface area contributed by atoms with Crippen LogP contribution in [0.2, 0.25) is 0 Å². The highest BCUT2D eigenvalue weighted by Crippen LogP contribution is 2.21. The number of hydrazone groups is 1. The maximum atomic E-state index is 10.0. The maximum Gasteiger partial charge on any atom is 0.229 e. The molecule has 29 heavy (non-hydrogen) atoms. The van der Waals surface area contributed by atoms with Gasteiger partial charge in [-0.05, 0) is 44.9 Å². The van der Waals surface area contributed by atoms with E-state index in [1.807, 2.05) is 30.0 Å². The molecule has 156 valence electrons. The Morgan fingerprint density at radius 3 is 2.55 bits per heavy atom. The Morgan fingerprint density at radius 2 is 1.93 bits per heavy atom. The highest BCUT2D eigenvalue weighted by atomic mass is 16.5. The van der Waals surface area contributed by atoms with Crippen molar-refractivity contribution in [2.45, 2.75) is 33.3 Å². The molecular weight excluding hydrogens is 370 g/mol. The van der Waals surface area contributed by atoms with Crippen LogP contribution in [0.3, 0.4) is 0 Å². The molecule has 0 aliphatic carbocycles. The summed E-state index contributed by atoms with van der Waals surface area (Å²) in [6, 6.07) is 7.75. The van der Waals surface area contributed by atoms with Gasteiger partial charge in [0.05, 0.1) is 18.8 Å². The Bertz CT molecular complexity index is 886. The third-order valence-corrected chi connectivity index (χ3v) is 4.71. The number of hydrogen-bond donors (Lipinski definition) is 2. The van der Waals surface area contributed by atoms with Crippen LogP contribution in [-0.4, -0.2) is 59.3 Å². The molecule has 8 heteroatoms. The van der Waals surface area contributed by atoms with Crippen LogP contribution in [0.25, 0.3) is 0 Å². The summed E-state index contributed by atoms with van der Waals surface area (Å²) in [5, 5.41) is 14.0. The monoisotopic (exact) mass is 399 g/mol. The summed E-state index contributed by atoms with van der Waals surface area (Å²) in [5.41, 5.74) is 3.34. The predicted octanol–water partition coefficient (Wildman–Crippen LogP) is 1.79. The maximum absolute atomic E-state index is 10.0. The molecule has 1 saturated heterocycles. The molecule has 8 nitrogen and oxygen atoms in total. The SMILES string of the molecule is Cc1ccc(C(=NN)c2cc(OCC(C)(C)O)nc(N3CCOCC3)n2)cc1C. The van der Waals surface area contributed by atoms with Crippen LogP contribution in [0.5, 0.6) is 5.88 Å². The van der Waals surface area contributed by atoms with E-state index in [1.54, 1.807) is 19.9 Å². The average molecular weight is 399 g/mol. The summed E-state index contributed by atoms with van der Waals surface area (Å²) >= 11 is 0. The molecule has 3 N–H and O–H groups in total.